The molecule has 6 heteroatoms. The molecular formula is C25H22N2O3S. The summed E-state index contributed by atoms with van der Waals surface area (Å²) < 4.78 is 7.15. The molecule has 0 radical (unpaired) electrons. The van der Waals surface area contributed by atoms with E-state index in [1.54, 1.807) is 11.3 Å². The van der Waals surface area contributed by atoms with Crippen LogP contribution in [-0.2, 0) is 4.79 Å². The molecule has 3 aromatic carbocycles. The fraction of sp³-hybridized carbons (Fsp3) is 0.200. The van der Waals surface area contributed by atoms with E-state index in [1.165, 1.54) is 0 Å². The molecule has 2 unspecified atom stereocenters. The van der Waals surface area contributed by atoms with E-state index in [-0.39, 0.29) is 6.04 Å². The minimum atomic E-state index is -0.777. The first-order chi connectivity index (χ1) is 15.2. The van der Waals surface area contributed by atoms with Gasteiger partial charge in [-0.15, -0.1) is 11.3 Å². The Bertz CT molecular complexity index is 1170. The third kappa shape index (κ3) is 4.04. The molecule has 0 aliphatic carbocycles. The van der Waals surface area contributed by atoms with Gasteiger partial charge in [0.1, 0.15) is 22.5 Å². The first-order valence-electron chi connectivity index (χ1n) is 10.4. The van der Waals surface area contributed by atoms with Gasteiger partial charge in [-0.2, -0.15) is 0 Å². The Morgan fingerprint density at radius 1 is 1.03 bits per heavy atom. The van der Waals surface area contributed by atoms with Crippen LogP contribution in [0.25, 0.3) is 10.2 Å². The average Bonchev–Trinajstić information content (AvgIpc) is 3.42. The van der Waals surface area contributed by atoms with E-state index < -0.39 is 12.0 Å². The molecule has 0 spiro atoms. The van der Waals surface area contributed by atoms with Gasteiger partial charge in [0.2, 0.25) is 0 Å². The van der Waals surface area contributed by atoms with Crippen molar-refractivity contribution in [2.45, 2.75) is 24.9 Å². The zero-order valence-electron chi connectivity index (χ0n) is 16.8. The van der Waals surface area contributed by atoms with Gasteiger partial charge in [-0.25, -0.2) is 4.98 Å². The lowest BCUT2D eigenvalue weighted by atomic mass is 10.0. The minimum absolute atomic E-state index is 0.236. The van der Waals surface area contributed by atoms with E-state index in [2.05, 4.69) is 11.0 Å². The molecule has 2 heterocycles. The van der Waals surface area contributed by atoms with Crippen LogP contribution in [0.4, 0.5) is 0 Å². The quantitative estimate of drug-likeness (QED) is 0.423. The summed E-state index contributed by atoms with van der Waals surface area (Å²) in [7, 11) is 0. The van der Waals surface area contributed by atoms with Gasteiger partial charge >= 0.3 is 5.97 Å². The van der Waals surface area contributed by atoms with Gasteiger partial charge in [0, 0.05) is 6.54 Å². The highest BCUT2D eigenvalue weighted by atomic mass is 32.1. The lowest BCUT2D eigenvalue weighted by Crippen LogP contribution is -2.39. The topological polar surface area (TPSA) is 62.7 Å². The van der Waals surface area contributed by atoms with Crippen molar-refractivity contribution in [1.29, 1.82) is 0 Å². The maximum atomic E-state index is 12.0. The van der Waals surface area contributed by atoms with Gasteiger partial charge in [0.25, 0.3) is 0 Å². The molecule has 1 saturated heterocycles. The molecule has 4 aromatic rings. The number of para-hydroxylation sites is 2. The molecule has 0 saturated carbocycles. The normalized spacial score (nSPS) is 17.6. The van der Waals surface area contributed by atoms with Gasteiger partial charge in [0.05, 0.1) is 16.3 Å². The molecular weight excluding hydrogens is 408 g/mol. The fourth-order valence-corrected chi connectivity index (χ4v) is 5.34. The lowest BCUT2D eigenvalue weighted by molar-refractivity contribution is -0.142. The monoisotopic (exact) mass is 430 g/mol. The van der Waals surface area contributed by atoms with E-state index >= 15 is 0 Å². The third-order valence-corrected chi connectivity index (χ3v) is 6.70. The zero-order valence-corrected chi connectivity index (χ0v) is 17.7. The zero-order chi connectivity index (χ0) is 21.2. The number of benzene rings is 3. The summed E-state index contributed by atoms with van der Waals surface area (Å²) >= 11 is 1.62. The molecule has 31 heavy (non-hydrogen) atoms. The number of thiazole rings is 1. The van der Waals surface area contributed by atoms with Crippen molar-refractivity contribution in [1.82, 2.24) is 9.88 Å². The van der Waals surface area contributed by atoms with Crippen LogP contribution in [0.15, 0.2) is 78.9 Å². The van der Waals surface area contributed by atoms with Crippen LogP contribution in [0.1, 0.15) is 29.5 Å². The fourth-order valence-electron chi connectivity index (χ4n) is 4.22. The van der Waals surface area contributed by atoms with E-state index in [0.717, 1.165) is 45.3 Å². The molecule has 1 aliphatic rings. The number of carbonyl (C=O) groups is 1. The van der Waals surface area contributed by atoms with E-state index in [1.807, 2.05) is 72.8 Å². The number of fused-ring (bicyclic) bond motifs is 1. The summed E-state index contributed by atoms with van der Waals surface area (Å²) in [6.45, 7) is 0.724. The molecule has 5 nitrogen and oxygen atoms in total. The van der Waals surface area contributed by atoms with Gasteiger partial charge < -0.3 is 9.84 Å². The standard InChI is InChI=1S/C25H22N2O3S/c28-25(29)21-13-7-15-27(21)23(24-26-20-12-4-5-14-22(20)31-24)17-8-6-11-19(16-17)30-18-9-2-1-3-10-18/h1-6,8-12,14,16,21,23H,7,13,15H2,(H,28,29). The van der Waals surface area contributed by atoms with Crippen molar-refractivity contribution < 1.29 is 14.6 Å². The number of carboxylic acid groups (broad SMARTS) is 1. The second-order valence-corrected chi connectivity index (χ2v) is 8.71. The largest absolute Gasteiger partial charge is 0.480 e. The first kappa shape index (κ1) is 19.7. The molecule has 1 aliphatic heterocycles. The van der Waals surface area contributed by atoms with Crippen molar-refractivity contribution in [3.05, 3.63) is 89.4 Å². The Kier molecular flexibility index (Phi) is 5.40. The summed E-state index contributed by atoms with van der Waals surface area (Å²) in [6.07, 6.45) is 1.51. The number of nitrogens with zero attached hydrogens (tertiary/aromatic N) is 2. The molecule has 1 fully saturated rings. The number of likely N-dealkylation sites (tertiary alicyclic amines) is 1. The Labute approximate surface area is 184 Å². The van der Waals surface area contributed by atoms with Crippen LogP contribution in [0.2, 0.25) is 0 Å². The molecule has 0 amide bonds. The molecule has 5 rings (SSSR count). The van der Waals surface area contributed by atoms with Crippen molar-refractivity contribution in [3.63, 3.8) is 0 Å². The Hall–Kier alpha value is -3.22. The SMILES string of the molecule is O=C(O)C1CCCN1C(c1cccc(Oc2ccccc2)c1)c1nc2ccccc2s1. The molecule has 156 valence electrons. The summed E-state index contributed by atoms with van der Waals surface area (Å²) in [5, 5.41) is 10.7. The number of ether oxygens (including phenoxy) is 1. The number of aromatic nitrogens is 1. The Balaban J connectivity index is 1.57. The molecule has 1 N–H and O–H groups in total. The summed E-state index contributed by atoms with van der Waals surface area (Å²) in [6, 6.07) is 24.8. The molecule has 1 aromatic heterocycles. The van der Waals surface area contributed by atoms with Crippen molar-refractivity contribution >= 4 is 27.5 Å². The van der Waals surface area contributed by atoms with Gasteiger partial charge in [-0.05, 0) is 54.8 Å². The maximum Gasteiger partial charge on any atom is 0.320 e. The lowest BCUT2D eigenvalue weighted by Gasteiger charge is -2.30. The van der Waals surface area contributed by atoms with Gasteiger partial charge in [0.15, 0.2) is 0 Å². The van der Waals surface area contributed by atoms with Crippen LogP contribution >= 0.6 is 11.3 Å². The summed E-state index contributed by atoms with van der Waals surface area (Å²) in [5.41, 5.74) is 1.93. The van der Waals surface area contributed by atoms with Crippen LogP contribution in [0.3, 0.4) is 0 Å². The Morgan fingerprint density at radius 3 is 2.61 bits per heavy atom. The highest BCUT2D eigenvalue weighted by Crippen LogP contribution is 2.39. The van der Waals surface area contributed by atoms with Crippen LogP contribution in [0, 0.1) is 0 Å². The summed E-state index contributed by atoms with van der Waals surface area (Å²) in [5.74, 6) is 0.710. The van der Waals surface area contributed by atoms with Crippen molar-refractivity contribution in [3.8, 4) is 11.5 Å². The number of rotatable bonds is 6. The maximum absolute atomic E-state index is 12.0. The minimum Gasteiger partial charge on any atom is -0.480 e. The van der Waals surface area contributed by atoms with Crippen LogP contribution in [0.5, 0.6) is 11.5 Å². The molecule has 0 bridgehead atoms. The Morgan fingerprint density at radius 2 is 1.81 bits per heavy atom. The number of carboxylic acids is 1. The highest BCUT2D eigenvalue weighted by Gasteiger charge is 2.38. The predicted octanol–water partition coefficient (Wildman–Crippen LogP) is 5.73. The second-order valence-electron chi connectivity index (χ2n) is 7.64. The van der Waals surface area contributed by atoms with Crippen molar-refractivity contribution in [2.24, 2.45) is 0 Å². The number of hydrogen-bond donors (Lipinski definition) is 1. The van der Waals surface area contributed by atoms with E-state index in [9.17, 15) is 9.90 Å². The van der Waals surface area contributed by atoms with Crippen LogP contribution in [-0.4, -0.2) is 33.5 Å². The van der Waals surface area contributed by atoms with Gasteiger partial charge in [-0.1, -0.05) is 42.5 Å². The second kappa shape index (κ2) is 8.49. The van der Waals surface area contributed by atoms with E-state index in [0.29, 0.717) is 6.42 Å². The highest BCUT2D eigenvalue weighted by molar-refractivity contribution is 7.18. The summed E-state index contributed by atoms with van der Waals surface area (Å²) in [4.78, 5) is 18.9. The number of hydrogen-bond acceptors (Lipinski definition) is 5. The smallest absolute Gasteiger partial charge is 0.320 e. The predicted molar refractivity (Wildman–Crippen MR) is 122 cm³/mol. The average molecular weight is 431 g/mol. The number of aliphatic carboxylic acids is 1. The van der Waals surface area contributed by atoms with E-state index in [4.69, 9.17) is 9.72 Å². The van der Waals surface area contributed by atoms with Crippen molar-refractivity contribution in [2.75, 3.05) is 6.54 Å². The molecule has 2 atom stereocenters. The third-order valence-electron chi connectivity index (χ3n) is 5.61. The first-order valence-corrected chi connectivity index (χ1v) is 11.2. The van der Waals surface area contributed by atoms with Gasteiger partial charge in [-0.3, -0.25) is 9.69 Å². The van der Waals surface area contributed by atoms with Crippen LogP contribution < -0.4 is 4.74 Å².